The Morgan fingerprint density at radius 2 is 1.87 bits per heavy atom. The van der Waals surface area contributed by atoms with Crippen molar-refractivity contribution in [2.24, 2.45) is 5.73 Å². The lowest BCUT2D eigenvalue weighted by molar-refractivity contribution is 0.0942. The second kappa shape index (κ2) is 7.45. The van der Waals surface area contributed by atoms with Gasteiger partial charge in [-0.3, -0.25) is 9.59 Å². The second-order valence-corrected chi connectivity index (χ2v) is 5.48. The van der Waals surface area contributed by atoms with Crippen LogP contribution in [-0.4, -0.2) is 17.9 Å². The maximum Gasteiger partial charge on any atom is 0.252 e. The molecule has 2 aromatic carbocycles. The first-order chi connectivity index (χ1) is 11.0. The first-order valence-electron chi connectivity index (χ1n) is 7.39. The zero-order valence-corrected chi connectivity index (χ0v) is 13.2. The third-order valence-electron chi connectivity index (χ3n) is 3.16. The van der Waals surface area contributed by atoms with E-state index in [-0.39, 0.29) is 18.6 Å². The summed E-state index contributed by atoms with van der Waals surface area (Å²) >= 11 is 0. The molecule has 0 bridgehead atoms. The van der Waals surface area contributed by atoms with E-state index in [1.54, 1.807) is 42.5 Å². The molecule has 0 atom stereocenters. The normalized spacial score (nSPS) is 10.4. The summed E-state index contributed by atoms with van der Waals surface area (Å²) < 4.78 is 5.67. The first kappa shape index (κ1) is 16.5. The molecule has 23 heavy (non-hydrogen) atoms. The summed E-state index contributed by atoms with van der Waals surface area (Å²) in [5, 5.41) is 2.84. The van der Waals surface area contributed by atoms with Gasteiger partial charge in [0.05, 0.1) is 5.56 Å². The third-order valence-corrected chi connectivity index (χ3v) is 3.16. The van der Waals surface area contributed by atoms with Crippen molar-refractivity contribution in [3.8, 4) is 5.75 Å². The van der Waals surface area contributed by atoms with Crippen molar-refractivity contribution in [2.45, 2.75) is 26.5 Å². The van der Waals surface area contributed by atoms with Crippen molar-refractivity contribution in [1.29, 1.82) is 0 Å². The smallest absolute Gasteiger partial charge is 0.252 e. The van der Waals surface area contributed by atoms with Gasteiger partial charge in [-0.15, -0.1) is 0 Å². The molecule has 0 aromatic heterocycles. The van der Waals surface area contributed by atoms with Gasteiger partial charge in [0.15, 0.2) is 0 Å². The number of hydrogen-bond acceptors (Lipinski definition) is 3. The van der Waals surface area contributed by atoms with Crippen LogP contribution < -0.4 is 15.8 Å². The molecule has 0 aliphatic heterocycles. The van der Waals surface area contributed by atoms with Crippen LogP contribution in [0.5, 0.6) is 5.75 Å². The van der Waals surface area contributed by atoms with E-state index in [1.807, 2.05) is 19.9 Å². The van der Waals surface area contributed by atoms with Crippen molar-refractivity contribution in [1.82, 2.24) is 5.32 Å². The molecule has 2 amide bonds. The van der Waals surface area contributed by atoms with Crippen LogP contribution in [0.15, 0.2) is 48.5 Å². The summed E-state index contributed by atoms with van der Waals surface area (Å²) in [5.74, 6) is -0.234. The van der Waals surface area contributed by atoms with Gasteiger partial charge in [-0.05, 0) is 43.7 Å². The first-order valence-corrected chi connectivity index (χ1v) is 7.39. The lowest BCUT2D eigenvalue weighted by atomic mass is 10.1. The highest BCUT2D eigenvalue weighted by Crippen LogP contribution is 2.19. The summed E-state index contributed by atoms with van der Waals surface area (Å²) in [6, 6.07) is 14.1. The van der Waals surface area contributed by atoms with Crippen LogP contribution >= 0.6 is 0 Å². The van der Waals surface area contributed by atoms with Gasteiger partial charge in [0, 0.05) is 11.6 Å². The SMILES string of the molecule is CC(C)NC(=O)c1cccc(COc2ccccc2C(N)=O)c1. The fourth-order valence-corrected chi connectivity index (χ4v) is 2.11. The molecule has 0 heterocycles. The van der Waals surface area contributed by atoms with Gasteiger partial charge in [0.1, 0.15) is 12.4 Å². The molecule has 3 N–H and O–H groups in total. The number of rotatable bonds is 6. The lowest BCUT2D eigenvalue weighted by Gasteiger charge is -2.11. The van der Waals surface area contributed by atoms with Crippen LogP contribution in [0.2, 0.25) is 0 Å². The molecule has 0 radical (unpaired) electrons. The average molecular weight is 312 g/mol. The molecule has 5 heteroatoms. The second-order valence-electron chi connectivity index (χ2n) is 5.48. The number of primary amides is 1. The molecule has 0 aliphatic carbocycles. The Labute approximate surface area is 135 Å². The molecule has 0 unspecified atom stereocenters. The molecule has 0 fully saturated rings. The van der Waals surface area contributed by atoms with Crippen LogP contribution in [0, 0.1) is 0 Å². The molecule has 5 nitrogen and oxygen atoms in total. The summed E-state index contributed by atoms with van der Waals surface area (Å²) in [5.41, 5.74) is 7.06. The number of carbonyl (C=O) groups is 2. The lowest BCUT2D eigenvalue weighted by Crippen LogP contribution is -2.30. The molecule has 2 aromatic rings. The van der Waals surface area contributed by atoms with E-state index in [1.165, 1.54) is 0 Å². The molecule has 2 rings (SSSR count). The number of hydrogen-bond donors (Lipinski definition) is 2. The van der Waals surface area contributed by atoms with E-state index in [0.717, 1.165) is 5.56 Å². The minimum absolute atomic E-state index is 0.0739. The van der Waals surface area contributed by atoms with Gasteiger partial charge >= 0.3 is 0 Å². The monoisotopic (exact) mass is 312 g/mol. The summed E-state index contributed by atoms with van der Waals surface area (Å²) in [4.78, 5) is 23.4. The number of amides is 2. The molecule has 0 saturated carbocycles. The summed E-state index contributed by atoms with van der Waals surface area (Å²) in [6.45, 7) is 4.06. The van der Waals surface area contributed by atoms with E-state index in [9.17, 15) is 9.59 Å². The zero-order valence-electron chi connectivity index (χ0n) is 13.2. The summed E-state index contributed by atoms with van der Waals surface area (Å²) in [6.07, 6.45) is 0. The fourth-order valence-electron chi connectivity index (χ4n) is 2.11. The maximum atomic E-state index is 12.0. The van der Waals surface area contributed by atoms with Crippen LogP contribution in [0.4, 0.5) is 0 Å². The Morgan fingerprint density at radius 1 is 1.13 bits per heavy atom. The highest BCUT2D eigenvalue weighted by atomic mass is 16.5. The molecule has 0 spiro atoms. The largest absolute Gasteiger partial charge is 0.488 e. The number of nitrogens with one attached hydrogen (secondary N) is 1. The predicted octanol–water partition coefficient (Wildman–Crippen LogP) is 2.50. The summed E-state index contributed by atoms with van der Waals surface area (Å²) in [7, 11) is 0. The number of para-hydroxylation sites is 1. The fraction of sp³-hybridized carbons (Fsp3) is 0.222. The third kappa shape index (κ3) is 4.57. The van der Waals surface area contributed by atoms with Crippen molar-refractivity contribution in [2.75, 3.05) is 0 Å². The highest BCUT2D eigenvalue weighted by molar-refractivity contribution is 5.95. The Kier molecular flexibility index (Phi) is 5.36. The van der Waals surface area contributed by atoms with Gasteiger partial charge in [0.25, 0.3) is 11.8 Å². The van der Waals surface area contributed by atoms with Crippen molar-refractivity contribution >= 4 is 11.8 Å². The van der Waals surface area contributed by atoms with Crippen molar-refractivity contribution in [3.05, 3.63) is 65.2 Å². The number of carbonyl (C=O) groups excluding carboxylic acids is 2. The van der Waals surface area contributed by atoms with E-state index in [4.69, 9.17) is 10.5 Å². The van der Waals surface area contributed by atoms with E-state index in [0.29, 0.717) is 16.9 Å². The minimum Gasteiger partial charge on any atom is -0.488 e. The Bertz CT molecular complexity index is 711. The van der Waals surface area contributed by atoms with Crippen molar-refractivity contribution < 1.29 is 14.3 Å². The average Bonchev–Trinajstić information content (AvgIpc) is 2.52. The van der Waals surface area contributed by atoms with Gasteiger partial charge in [-0.25, -0.2) is 0 Å². The predicted molar refractivity (Wildman–Crippen MR) is 88.3 cm³/mol. The number of nitrogens with two attached hydrogens (primary N) is 1. The topological polar surface area (TPSA) is 81.4 Å². The van der Waals surface area contributed by atoms with E-state index in [2.05, 4.69) is 5.32 Å². The highest BCUT2D eigenvalue weighted by Gasteiger charge is 2.10. The number of ether oxygens (including phenoxy) is 1. The van der Waals surface area contributed by atoms with Gasteiger partial charge in [-0.1, -0.05) is 24.3 Å². The molecule has 0 aliphatic rings. The Morgan fingerprint density at radius 3 is 2.57 bits per heavy atom. The van der Waals surface area contributed by atoms with Gasteiger partial charge < -0.3 is 15.8 Å². The van der Waals surface area contributed by atoms with Crippen LogP contribution in [0.3, 0.4) is 0 Å². The van der Waals surface area contributed by atoms with Crippen molar-refractivity contribution in [3.63, 3.8) is 0 Å². The Balaban J connectivity index is 2.10. The van der Waals surface area contributed by atoms with Crippen LogP contribution in [0.1, 0.15) is 40.1 Å². The van der Waals surface area contributed by atoms with Gasteiger partial charge in [-0.2, -0.15) is 0 Å². The molecule has 120 valence electrons. The quantitative estimate of drug-likeness (QED) is 0.860. The molecular formula is C18H20N2O3. The van der Waals surface area contributed by atoms with Gasteiger partial charge in [0.2, 0.25) is 0 Å². The van der Waals surface area contributed by atoms with E-state index >= 15 is 0 Å². The molecule has 0 saturated heterocycles. The Hall–Kier alpha value is -2.82. The standard InChI is InChI=1S/C18H20N2O3/c1-12(2)20-18(22)14-7-5-6-13(10-14)11-23-16-9-4-3-8-15(16)17(19)21/h3-10,12H,11H2,1-2H3,(H2,19,21)(H,20,22). The van der Waals surface area contributed by atoms with Crippen LogP contribution in [0.25, 0.3) is 0 Å². The molecular weight excluding hydrogens is 292 g/mol. The minimum atomic E-state index is -0.536. The zero-order chi connectivity index (χ0) is 16.8. The maximum absolute atomic E-state index is 12.0. The number of benzene rings is 2. The van der Waals surface area contributed by atoms with E-state index < -0.39 is 5.91 Å². The van der Waals surface area contributed by atoms with Crippen LogP contribution in [-0.2, 0) is 6.61 Å².